The van der Waals surface area contributed by atoms with Crippen LogP contribution in [0.4, 0.5) is 0 Å². The number of benzene rings is 1. The van der Waals surface area contributed by atoms with E-state index in [-0.39, 0.29) is 12.0 Å². The molecule has 2 unspecified atom stereocenters. The van der Waals surface area contributed by atoms with E-state index in [1.165, 1.54) is 0 Å². The van der Waals surface area contributed by atoms with E-state index in [4.69, 9.17) is 9.84 Å². The minimum atomic E-state index is -0.944. The van der Waals surface area contributed by atoms with Crippen LogP contribution in [0.1, 0.15) is 23.2 Å². The van der Waals surface area contributed by atoms with Gasteiger partial charge in [-0.2, -0.15) is 0 Å². The van der Waals surface area contributed by atoms with Crippen LogP contribution in [0.3, 0.4) is 0 Å². The molecule has 20 heavy (non-hydrogen) atoms. The zero-order chi connectivity index (χ0) is 14.7. The van der Waals surface area contributed by atoms with Crippen LogP contribution in [-0.2, 0) is 9.53 Å². The molecule has 1 aromatic carbocycles. The maximum Gasteiger partial charge on any atom is 0.332 e. The Balaban J connectivity index is 1.90. The number of carbonyl (C=O) groups is 2. The van der Waals surface area contributed by atoms with Crippen molar-refractivity contribution in [3.8, 4) is 0 Å². The maximum absolute atomic E-state index is 12.1. The number of hydrogen-bond acceptors (Lipinski definition) is 3. The molecule has 0 aliphatic carbocycles. The van der Waals surface area contributed by atoms with Gasteiger partial charge in [0.1, 0.15) is 0 Å². The van der Waals surface area contributed by atoms with Crippen LogP contribution in [-0.4, -0.2) is 35.7 Å². The van der Waals surface area contributed by atoms with E-state index in [0.717, 1.165) is 8.04 Å². The molecule has 5 nitrogen and oxygen atoms in total. The highest BCUT2D eigenvalue weighted by Gasteiger charge is 2.30. The van der Waals surface area contributed by atoms with Crippen LogP contribution < -0.4 is 5.32 Å². The first-order valence-corrected chi connectivity index (χ1v) is 7.96. The average Bonchev–Trinajstić information content (AvgIpc) is 2.88. The molecule has 0 radical (unpaired) electrons. The van der Waals surface area contributed by atoms with Gasteiger partial charge >= 0.3 is 5.97 Å². The van der Waals surface area contributed by atoms with Gasteiger partial charge in [-0.05, 0) is 53.6 Å². The minimum absolute atomic E-state index is 0.182. The molecule has 1 aliphatic heterocycles. The van der Waals surface area contributed by atoms with E-state index in [1.54, 1.807) is 6.07 Å². The lowest BCUT2D eigenvalue weighted by Crippen LogP contribution is -2.33. The third-order valence-electron chi connectivity index (χ3n) is 3.05. The van der Waals surface area contributed by atoms with Gasteiger partial charge < -0.3 is 15.2 Å². The molecule has 0 bridgehead atoms. The fraction of sp³-hybridized carbons (Fsp3) is 0.385. The number of carboxylic acids is 1. The Morgan fingerprint density at radius 1 is 1.45 bits per heavy atom. The van der Waals surface area contributed by atoms with Gasteiger partial charge in [0.2, 0.25) is 0 Å². The normalized spacial score (nSPS) is 21.7. The summed E-state index contributed by atoms with van der Waals surface area (Å²) in [5.41, 5.74) is 0.591. The Hall–Kier alpha value is -0.670. The SMILES string of the molecule is O=C(NCC1CCC(C(=O)O)O1)c1cc(Br)ccc1I. The summed E-state index contributed by atoms with van der Waals surface area (Å²) in [6, 6.07) is 5.48. The first kappa shape index (κ1) is 15.7. The summed E-state index contributed by atoms with van der Waals surface area (Å²) in [6.07, 6.45) is 0.157. The number of amides is 1. The molecule has 1 amide bonds. The predicted molar refractivity (Wildman–Crippen MR) is 84.7 cm³/mol. The number of carboxylic acid groups (broad SMARTS) is 1. The number of ether oxygens (including phenoxy) is 1. The molecule has 2 atom stereocenters. The summed E-state index contributed by atoms with van der Waals surface area (Å²) in [7, 11) is 0. The van der Waals surface area contributed by atoms with Crippen molar-refractivity contribution < 1.29 is 19.4 Å². The molecule has 0 aromatic heterocycles. The monoisotopic (exact) mass is 453 g/mol. The van der Waals surface area contributed by atoms with E-state index in [0.29, 0.717) is 24.9 Å². The molecule has 1 heterocycles. The van der Waals surface area contributed by atoms with Crippen molar-refractivity contribution in [2.24, 2.45) is 0 Å². The summed E-state index contributed by atoms with van der Waals surface area (Å²) in [6.45, 7) is 0.325. The lowest BCUT2D eigenvalue weighted by molar-refractivity contribution is -0.149. The lowest BCUT2D eigenvalue weighted by atomic mass is 10.2. The summed E-state index contributed by atoms with van der Waals surface area (Å²) < 4.78 is 7.04. The Morgan fingerprint density at radius 2 is 2.20 bits per heavy atom. The second-order valence-corrected chi connectivity index (χ2v) is 6.57. The number of nitrogens with one attached hydrogen (secondary N) is 1. The van der Waals surface area contributed by atoms with Crippen LogP contribution in [0, 0.1) is 3.57 Å². The van der Waals surface area contributed by atoms with Gasteiger partial charge in [-0.25, -0.2) is 4.79 Å². The number of carbonyl (C=O) groups excluding carboxylic acids is 1. The van der Waals surface area contributed by atoms with E-state index in [1.807, 2.05) is 12.1 Å². The maximum atomic E-state index is 12.1. The van der Waals surface area contributed by atoms with Gasteiger partial charge in [-0.1, -0.05) is 15.9 Å². The fourth-order valence-electron chi connectivity index (χ4n) is 2.01. The number of hydrogen-bond donors (Lipinski definition) is 2. The number of halogens is 2. The van der Waals surface area contributed by atoms with Crippen molar-refractivity contribution in [3.63, 3.8) is 0 Å². The molecular weight excluding hydrogens is 441 g/mol. The highest BCUT2D eigenvalue weighted by molar-refractivity contribution is 14.1. The summed E-state index contributed by atoms with van der Waals surface area (Å²) in [4.78, 5) is 22.9. The molecule has 1 aromatic rings. The van der Waals surface area contributed by atoms with Crippen molar-refractivity contribution in [2.45, 2.75) is 25.0 Å². The third kappa shape index (κ3) is 3.92. The molecule has 2 rings (SSSR count). The highest BCUT2D eigenvalue weighted by Crippen LogP contribution is 2.20. The first-order chi connectivity index (χ1) is 9.47. The Bertz CT molecular complexity index is 537. The van der Waals surface area contributed by atoms with Crippen molar-refractivity contribution in [1.29, 1.82) is 0 Å². The third-order valence-corrected chi connectivity index (χ3v) is 4.48. The Labute approximate surface area is 138 Å². The number of aliphatic carboxylic acids is 1. The van der Waals surface area contributed by atoms with Gasteiger partial charge in [-0.15, -0.1) is 0 Å². The second kappa shape index (κ2) is 6.86. The standard InChI is InChI=1S/C13H13BrINO4/c14-7-1-3-10(15)9(5-7)12(17)16-6-8-2-4-11(20-8)13(18)19/h1,3,5,8,11H,2,4,6H2,(H,16,17)(H,18,19). The highest BCUT2D eigenvalue weighted by atomic mass is 127. The van der Waals surface area contributed by atoms with Gasteiger partial charge in [0.25, 0.3) is 5.91 Å². The van der Waals surface area contributed by atoms with Crippen LogP contribution in [0.5, 0.6) is 0 Å². The lowest BCUT2D eigenvalue weighted by Gasteiger charge is -2.13. The van der Waals surface area contributed by atoms with Gasteiger partial charge in [-0.3, -0.25) is 4.79 Å². The molecule has 1 aliphatic rings. The van der Waals surface area contributed by atoms with Crippen molar-refractivity contribution in [1.82, 2.24) is 5.32 Å². The Morgan fingerprint density at radius 3 is 2.85 bits per heavy atom. The molecule has 1 saturated heterocycles. The minimum Gasteiger partial charge on any atom is -0.479 e. The van der Waals surface area contributed by atoms with E-state index < -0.39 is 12.1 Å². The zero-order valence-electron chi connectivity index (χ0n) is 10.4. The quantitative estimate of drug-likeness (QED) is 0.686. The smallest absolute Gasteiger partial charge is 0.332 e. The largest absolute Gasteiger partial charge is 0.479 e. The van der Waals surface area contributed by atoms with Crippen molar-refractivity contribution >= 4 is 50.4 Å². The van der Waals surface area contributed by atoms with Gasteiger partial charge in [0.05, 0.1) is 11.7 Å². The average molecular weight is 454 g/mol. The summed E-state index contributed by atoms with van der Waals surface area (Å²) in [5.74, 6) is -1.13. The number of rotatable bonds is 4. The molecular formula is C13H13BrINO4. The van der Waals surface area contributed by atoms with Crippen LogP contribution >= 0.6 is 38.5 Å². The molecule has 7 heteroatoms. The van der Waals surface area contributed by atoms with E-state index in [9.17, 15) is 9.59 Å². The first-order valence-electron chi connectivity index (χ1n) is 6.09. The van der Waals surface area contributed by atoms with Gasteiger partial charge in [0, 0.05) is 14.6 Å². The molecule has 108 valence electrons. The summed E-state index contributed by atoms with van der Waals surface area (Å²) >= 11 is 5.43. The second-order valence-electron chi connectivity index (χ2n) is 4.50. The predicted octanol–water partition coefficient (Wildman–Crippen LogP) is 2.42. The fourth-order valence-corrected chi connectivity index (χ4v) is 2.95. The topological polar surface area (TPSA) is 75.6 Å². The van der Waals surface area contributed by atoms with Crippen LogP contribution in [0.15, 0.2) is 22.7 Å². The molecule has 1 fully saturated rings. The van der Waals surface area contributed by atoms with E-state index in [2.05, 4.69) is 43.8 Å². The molecule has 0 saturated carbocycles. The van der Waals surface area contributed by atoms with Gasteiger partial charge in [0.15, 0.2) is 6.10 Å². The molecule has 2 N–H and O–H groups in total. The Kier molecular flexibility index (Phi) is 5.39. The zero-order valence-corrected chi connectivity index (χ0v) is 14.2. The molecule has 0 spiro atoms. The summed E-state index contributed by atoms with van der Waals surface area (Å²) in [5, 5.41) is 11.6. The van der Waals surface area contributed by atoms with E-state index >= 15 is 0 Å². The van der Waals surface area contributed by atoms with Crippen LogP contribution in [0.2, 0.25) is 0 Å². The van der Waals surface area contributed by atoms with Crippen LogP contribution in [0.25, 0.3) is 0 Å². The van der Waals surface area contributed by atoms with Crippen molar-refractivity contribution in [2.75, 3.05) is 6.54 Å². The van der Waals surface area contributed by atoms with Crippen molar-refractivity contribution in [3.05, 3.63) is 31.8 Å².